The first kappa shape index (κ1) is 25.1. The number of rotatable bonds is 5. The molecule has 2 aromatic rings. The Balaban J connectivity index is 1.69. The van der Waals surface area contributed by atoms with Gasteiger partial charge in [-0.3, -0.25) is 4.52 Å². The van der Waals surface area contributed by atoms with Crippen molar-refractivity contribution in [3.63, 3.8) is 0 Å². The summed E-state index contributed by atoms with van der Waals surface area (Å²) in [6, 6.07) is 8.18. The first-order valence-electron chi connectivity index (χ1n) is 9.76. The first-order valence-corrected chi connectivity index (χ1v) is 11.3. The van der Waals surface area contributed by atoms with Gasteiger partial charge in [0.15, 0.2) is 0 Å². The van der Waals surface area contributed by atoms with E-state index in [1.807, 2.05) is 0 Å². The fraction of sp³-hybridized carbons (Fsp3) is 0.400. The van der Waals surface area contributed by atoms with Crippen LogP contribution >= 0.6 is 7.82 Å². The number of benzene rings is 2. The highest BCUT2D eigenvalue weighted by Gasteiger charge is 2.57. The molecule has 0 aliphatic carbocycles. The lowest BCUT2D eigenvalue weighted by atomic mass is 10.0. The van der Waals surface area contributed by atoms with E-state index in [0.29, 0.717) is 0 Å². The van der Waals surface area contributed by atoms with Gasteiger partial charge in [-0.25, -0.2) is 9.46 Å². The Labute approximate surface area is 189 Å². The third-order valence-electron chi connectivity index (χ3n) is 5.62. The lowest BCUT2D eigenvalue weighted by Gasteiger charge is -2.34. The zero-order valence-corrected chi connectivity index (χ0v) is 18.0. The second-order valence-electron chi connectivity index (χ2n) is 7.96. The molecular weight excluding hydrogens is 495 g/mol. The molecule has 2 aliphatic heterocycles. The van der Waals surface area contributed by atoms with E-state index < -0.39 is 55.9 Å². The maximum absolute atomic E-state index is 13.0. The summed E-state index contributed by atoms with van der Waals surface area (Å²) >= 11 is 0. The first-order chi connectivity index (χ1) is 15.7. The molecule has 2 heterocycles. The Kier molecular flexibility index (Phi) is 6.35. The number of nitrogens with zero attached hydrogens (tertiary/aromatic N) is 1. The van der Waals surface area contributed by atoms with Crippen LogP contribution in [-0.4, -0.2) is 40.0 Å². The topological polar surface area (TPSA) is 88.5 Å². The van der Waals surface area contributed by atoms with E-state index in [1.54, 1.807) is 0 Å². The Morgan fingerprint density at radius 2 is 1.24 bits per heavy atom. The molecule has 2 N–H and O–H groups in total. The van der Waals surface area contributed by atoms with Gasteiger partial charge >= 0.3 is 20.2 Å². The summed E-state index contributed by atoms with van der Waals surface area (Å²) < 4.78 is 105. The molecule has 3 atom stereocenters. The quantitative estimate of drug-likeness (QED) is 0.445. The van der Waals surface area contributed by atoms with Crippen LogP contribution in [0.1, 0.15) is 34.7 Å². The summed E-state index contributed by atoms with van der Waals surface area (Å²) in [6.45, 7) is -0.864. The molecule has 1 unspecified atom stereocenters. The lowest BCUT2D eigenvalue weighted by molar-refractivity contribution is -0.138. The fourth-order valence-electron chi connectivity index (χ4n) is 3.99. The predicted molar refractivity (Wildman–Crippen MR) is 103 cm³/mol. The Morgan fingerprint density at radius 3 is 1.56 bits per heavy atom. The van der Waals surface area contributed by atoms with Crippen molar-refractivity contribution < 1.29 is 54.7 Å². The maximum atomic E-state index is 13.0. The highest BCUT2D eigenvalue weighted by atomic mass is 31.2. The van der Waals surface area contributed by atoms with Crippen LogP contribution < -0.4 is 0 Å². The number of hydrogen-bond donors (Lipinski definition) is 2. The molecule has 2 aromatic carbocycles. The van der Waals surface area contributed by atoms with Crippen LogP contribution in [0.25, 0.3) is 0 Å². The van der Waals surface area contributed by atoms with Crippen LogP contribution in [0, 0.1) is 0 Å². The highest BCUT2D eigenvalue weighted by molar-refractivity contribution is 7.46. The van der Waals surface area contributed by atoms with Crippen LogP contribution in [0.4, 0.5) is 26.3 Å². The highest BCUT2D eigenvalue weighted by Crippen LogP contribution is 2.51. The average molecular weight is 513 g/mol. The number of fused-ring (bicyclic) bond motifs is 1. The molecule has 2 fully saturated rings. The minimum absolute atomic E-state index is 0.157. The number of phosphoric ester groups is 1. The van der Waals surface area contributed by atoms with E-state index >= 15 is 0 Å². The Hall–Kier alpha value is -1.99. The van der Waals surface area contributed by atoms with Crippen LogP contribution in [0.5, 0.6) is 0 Å². The molecular formula is C20H18F6NO6P. The van der Waals surface area contributed by atoms with Crippen molar-refractivity contribution in [3.05, 3.63) is 70.8 Å². The van der Waals surface area contributed by atoms with Gasteiger partial charge in [0, 0.05) is 0 Å². The van der Waals surface area contributed by atoms with Gasteiger partial charge in [0.2, 0.25) is 0 Å². The van der Waals surface area contributed by atoms with Crippen molar-refractivity contribution >= 4 is 7.82 Å². The van der Waals surface area contributed by atoms with Crippen LogP contribution in [0.3, 0.4) is 0 Å². The van der Waals surface area contributed by atoms with Crippen molar-refractivity contribution in [1.82, 2.24) is 4.90 Å². The second-order valence-corrected chi connectivity index (χ2v) is 9.20. The van der Waals surface area contributed by atoms with E-state index in [1.165, 1.54) is 29.2 Å². The minimum Gasteiger partial charge on any atom is -0.357 e. The molecule has 0 amide bonds. The van der Waals surface area contributed by atoms with Gasteiger partial charge in [-0.05, 0) is 35.4 Å². The van der Waals surface area contributed by atoms with Crippen molar-refractivity contribution in [2.45, 2.75) is 30.3 Å². The fourth-order valence-corrected chi connectivity index (χ4v) is 4.40. The van der Waals surface area contributed by atoms with Crippen LogP contribution in [-0.2, 0) is 30.9 Å². The lowest BCUT2D eigenvalue weighted by Crippen LogP contribution is -2.48. The molecule has 0 radical (unpaired) electrons. The number of ether oxygens (including phenoxy) is 2. The molecule has 2 aliphatic rings. The Bertz CT molecular complexity index is 999. The maximum Gasteiger partial charge on any atom is 0.469 e. The summed E-state index contributed by atoms with van der Waals surface area (Å²) in [4.78, 5) is 19.8. The Morgan fingerprint density at radius 1 is 0.853 bits per heavy atom. The third kappa shape index (κ3) is 5.01. The molecule has 4 rings (SSSR count). The monoisotopic (exact) mass is 513 g/mol. The van der Waals surface area contributed by atoms with Crippen LogP contribution in [0.15, 0.2) is 48.5 Å². The van der Waals surface area contributed by atoms with E-state index in [-0.39, 0.29) is 24.3 Å². The van der Waals surface area contributed by atoms with Gasteiger partial charge in [-0.2, -0.15) is 26.3 Å². The molecule has 2 saturated heterocycles. The molecule has 0 spiro atoms. The zero-order chi connectivity index (χ0) is 24.9. The summed E-state index contributed by atoms with van der Waals surface area (Å²) in [6.07, 6.45) is -11.2. The van der Waals surface area contributed by atoms with Gasteiger partial charge in [-0.15, -0.1) is 0 Å². The van der Waals surface area contributed by atoms with E-state index in [0.717, 1.165) is 24.3 Å². The van der Waals surface area contributed by atoms with Gasteiger partial charge in [-0.1, -0.05) is 24.3 Å². The summed E-state index contributed by atoms with van der Waals surface area (Å²) in [5.41, 5.74) is -2.45. The smallest absolute Gasteiger partial charge is 0.357 e. The normalized spacial score (nSPS) is 26.1. The number of hydrogen-bond acceptors (Lipinski definition) is 5. The molecule has 0 saturated carbocycles. The van der Waals surface area contributed by atoms with E-state index in [4.69, 9.17) is 19.3 Å². The van der Waals surface area contributed by atoms with Crippen molar-refractivity contribution in [2.75, 3.05) is 19.8 Å². The third-order valence-corrected chi connectivity index (χ3v) is 6.09. The SMILES string of the molecule is O=P(O)(O)OCC12CO[C@H](c3ccc(C(F)(F)F)cc3)N1[C@H](c1ccc(C(F)(F)F)cc1)OC2. The van der Waals surface area contributed by atoms with Gasteiger partial charge in [0.05, 0.1) is 36.5 Å². The van der Waals surface area contributed by atoms with Gasteiger partial charge in [0.1, 0.15) is 12.5 Å². The van der Waals surface area contributed by atoms with E-state index in [9.17, 15) is 30.9 Å². The molecule has 0 aromatic heterocycles. The largest absolute Gasteiger partial charge is 0.469 e. The van der Waals surface area contributed by atoms with E-state index in [2.05, 4.69) is 4.52 Å². The van der Waals surface area contributed by atoms with Crippen molar-refractivity contribution in [1.29, 1.82) is 0 Å². The summed E-state index contributed by atoms with van der Waals surface area (Å²) in [5.74, 6) is 0. The standard InChI is InChI=1S/C20H18F6NO6P/c21-19(22,23)14-5-1-12(2-6-14)16-27-17(13-3-7-15(8-4-13)20(24,25)26)32-10-18(27,9-31-16)11-33-34(28,29)30/h1-8,16-17H,9-11H2,(H2,28,29,30)/t16-,17+,18?. The van der Waals surface area contributed by atoms with Crippen molar-refractivity contribution in [2.24, 2.45) is 0 Å². The molecule has 186 valence electrons. The van der Waals surface area contributed by atoms with Crippen molar-refractivity contribution in [3.8, 4) is 0 Å². The number of alkyl halides is 6. The summed E-state index contributed by atoms with van der Waals surface area (Å²) in [7, 11) is -4.89. The van der Waals surface area contributed by atoms with Crippen LogP contribution in [0.2, 0.25) is 0 Å². The number of halogens is 6. The molecule has 0 bridgehead atoms. The van der Waals surface area contributed by atoms with Gasteiger partial charge in [0.25, 0.3) is 0 Å². The number of phosphoric acid groups is 1. The minimum atomic E-state index is -4.89. The average Bonchev–Trinajstić information content (AvgIpc) is 3.28. The summed E-state index contributed by atoms with van der Waals surface area (Å²) in [5, 5.41) is 0. The van der Waals surface area contributed by atoms with Gasteiger partial charge < -0.3 is 19.3 Å². The molecule has 7 nitrogen and oxygen atoms in total. The molecule has 34 heavy (non-hydrogen) atoms. The zero-order valence-electron chi connectivity index (χ0n) is 17.1. The molecule has 14 heteroatoms. The predicted octanol–water partition coefficient (Wildman–Crippen LogP) is 4.63. The second kappa shape index (κ2) is 8.59.